The minimum atomic E-state index is -0.351. The van der Waals surface area contributed by atoms with Crippen LogP contribution in [-0.4, -0.2) is 25.2 Å². The summed E-state index contributed by atoms with van der Waals surface area (Å²) in [5, 5.41) is 7.85. The van der Waals surface area contributed by atoms with Crippen LogP contribution in [0.15, 0.2) is 65.8 Å². The minimum Gasteiger partial charge on any atom is -0.324 e. The number of carbonyl (C=O) groups is 1. The van der Waals surface area contributed by atoms with E-state index in [-0.39, 0.29) is 18.0 Å². The number of aryl methyl sites for hydroxylation is 1. The zero-order valence-electron chi connectivity index (χ0n) is 15.0. The lowest BCUT2D eigenvalue weighted by molar-refractivity contribution is -0.116. The summed E-state index contributed by atoms with van der Waals surface area (Å²) < 4.78 is 2.86. The van der Waals surface area contributed by atoms with Gasteiger partial charge < -0.3 is 5.32 Å². The molecule has 0 unspecified atom stereocenters. The molecule has 1 N–H and O–H groups in total. The van der Waals surface area contributed by atoms with Crippen LogP contribution in [0.4, 0.5) is 5.69 Å². The molecule has 140 valence electrons. The number of nitrogens with one attached hydrogen (secondary N) is 1. The van der Waals surface area contributed by atoms with E-state index in [2.05, 4.69) is 15.4 Å². The van der Waals surface area contributed by atoms with Gasteiger partial charge in [0.15, 0.2) is 5.65 Å². The Morgan fingerprint density at radius 1 is 1.18 bits per heavy atom. The second-order valence-electron chi connectivity index (χ2n) is 6.37. The van der Waals surface area contributed by atoms with Crippen molar-refractivity contribution in [3.8, 4) is 5.69 Å². The first kappa shape index (κ1) is 17.9. The smallest absolute Gasteiger partial charge is 0.264 e. The highest BCUT2D eigenvalue weighted by Gasteiger charge is 2.13. The van der Waals surface area contributed by atoms with Crippen LogP contribution in [0.3, 0.4) is 0 Å². The Morgan fingerprint density at radius 2 is 1.96 bits per heavy atom. The van der Waals surface area contributed by atoms with Crippen molar-refractivity contribution in [3.63, 3.8) is 0 Å². The van der Waals surface area contributed by atoms with Gasteiger partial charge in [0.1, 0.15) is 18.3 Å². The maximum absolute atomic E-state index is 12.7. The van der Waals surface area contributed by atoms with Crippen molar-refractivity contribution in [2.45, 2.75) is 13.5 Å². The Hall–Kier alpha value is -3.45. The molecule has 28 heavy (non-hydrogen) atoms. The van der Waals surface area contributed by atoms with Gasteiger partial charge in [0, 0.05) is 10.7 Å². The van der Waals surface area contributed by atoms with E-state index >= 15 is 0 Å². The predicted molar refractivity (Wildman–Crippen MR) is 108 cm³/mol. The molecule has 0 saturated heterocycles. The molecule has 2 aromatic heterocycles. The molecule has 2 heterocycles. The van der Waals surface area contributed by atoms with Gasteiger partial charge in [-0.05, 0) is 37.3 Å². The number of fused-ring (bicyclic) bond motifs is 1. The summed E-state index contributed by atoms with van der Waals surface area (Å²) in [6.45, 7) is 1.83. The molecular formula is C20H16ClN5O2. The standard InChI is InChI=1S/C20H16ClN5O2/c1-13-5-7-16(8-6-13)26-19-17(10-23-26)20(28)25(12-22-19)11-18(27)24-15-4-2-3-14(21)9-15/h2-10,12H,11H2,1H3,(H,24,27). The van der Waals surface area contributed by atoms with Crippen molar-refractivity contribution in [1.29, 1.82) is 0 Å². The molecule has 4 rings (SSSR count). The number of rotatable bonds is 4. The highest BCUT2D eigenvalue weighted by molar-refractivity contribution is 6.30. The van der Waals surface area contributed by atoms with Crippen LogP contribution >= 0.6 is 11.6 Å². The summed E-state index contributed by atoms with van der Waals surface area (Å²) in [5.74, 6) is -0.351. The van der Waals surface area contributed by atoms with E-state index in [0.717, 1.165) is 11.3 Å². The molecule has 0 atom stereocenters. The quantitative estimate of drug-likeness (QED) is 0.577. The predicted octanol–water partition coefficient (Wildman–Crippen LogP) is 3.18. The first-order valence-electron chi connectivity index (χ1n) is 8.57. The Kier molecular flexibility index (Phi) is 4.67. The number of aromatic nitrogens is 4. The zero-order chi connectivity index (χ0) is 19.7. The van der Waals surface area contributed by atoms with Crippen molar-refractivity contribution in [2.75, 3.05) is 5.32 Å². The van der Waals surface area contributed by atoms with Gasteiger partial charge in [-0.2, -0.15) is 5.10 Å². The lowest BCUT2D eigenvalue weighted by Crippen LogP contribution is -2.27. The van der Waals surface area contributed by atoms with Gasteiger partial charge in [0.2, 0.25) is 5.91 Å². The second-order valence-corrected chi connectivity index (χ2v) is 6.80. The Morgan fingerprint density at radius 3 is 2.71 bits per heavy atom. The number of anilines is 1. The van der Waals surface area contributed by atoms with Gasteiger partial charge >= 0.3 is 0 Å². The third kappa shape index (κ3) is 3.52. The average molecular weight is 394 g/mol. The van der Waals surface area contributed by atoms with Gasteiger partial charge in [-0.3, -0.25) is 14.2 Å². The zero-order valence-corrected chi connectivity index (χ0v) is 15.7. The molecule has 0 spiro atoms. The minimum absolute atomic E-state index is 0.163. The van der Waals surface area contributed by atoms with E-state index in [1.165, 1.54) is 17.1 Å². The summed E-state index contributed by atoms with van der Waals surface area (Å²) in [7, 11) is 0. The lowest BCUT2D eigenvalue weighted by Gasteiger charge is -2.08. The number of hydrogen-bond acceptors (Lipinski definition) is 4. The Balaban J connectivity index is 1.61. The summed E-state index contributed by atoms with van der Waals surface area (Å²) in [5.41, 5.74) is 2.61. The molecule has 0 fully saturated rings. The molecule has 0 aliphatic carbocycles. The van der Waals surface area contributed by atoms with Crippen LogP contribution < -0.4 is 10.9 Å². The van der Waals surface area contributed by atoms with E-state index < -0.39 is 0 Å². The van der Waals surface area contributed by atoms with Crippen LogP contribution in [0.5, 0.6) is 0 Å². The number of amides is 1. The highest BCUT2D eigenvalue weighted by Crippen LogP contribution is 2.16. The van der Waals surface area contributed by atoms with Crippen LogP contribution in [0, 0.1) is 6.92 Å². The first-order valence-corrected chi connectivity index (χ1v) is 8.95. The van der Waals surface area contributed by atoms with Crippen LogP contribution in [0.25, 0.3) is 16.7 Å². The van der Waals surface area contributed by atoms with Crippen LogP contribution in [-0.2, 0) is 11.3 Å². The SMILES string of the molecule is Cc1ccc(-n2ncc3c(=O)n(CC(=O)Nc4cccc(Cl)c4)cnc32)cc1. The topological polar surface area (TPSA) is 81.8 Å². The third-order valence-electron chi connectivity index (χ3n) is 4.26. The Bertz CT molecular complexity index is 1230. The van der Waals surface area contributed by atoms with Crippen molar-refractivity contribution in [3.05, 3.63) is 82.0 Å². The maximum atomic E-state index is 12.7. The van der Waals surface area contributed by atoms with E-state index in [1.807, 2.05) is 31.2 Å². The maximum Gasteiger partial charge on any atom is 0.264 e. The summed E-state index contributed by atoms with van der Waals surface area (Å²) in [4.78, 5) is 29.4. The van der Waals surface area contributed by atoms with Crippen LogP contribution in [0.1, 0.15) is 5.56 Å². The molecule has 7 nitrogen and oxygen atoms in total. The highest BCUT2D eigenvalue weighted by atomic mass is 35.5. The van der Waals surface area contributed by atoms with Gasteiger partial charge in [0.25, 0.3) is 5.56 Å². The monoisotopic (exact) mass is 393 g/mol. The van der Waals surface area contributed by atoms with Gasteiger partial charge in [-0.1, -0.05) is 35.4 Å². The largest absolute Gasteiger partial charge is 0.324 e. The van der Waals surface area contributed by atoms with Crippen molar-refractivity contribution >= 4 is 34.2 Å². The van der Waals surface area contributed by atoms with Gasteiger partial charge in [-0.25, -0.2) is 9.67 Å². The molecule has 1 amide bonds. The number of halogens is 1. The molecular weight excluding hydrogens is 378 g/mol. The van der Waals surface area contributed by atoms with E-state index in [1.54, 1.807) is 28.9 Å². The molecule has 4 aromatic rings. The fourth-order valence-electron chi connectivity index (χ4n) is 2.86. The molecule has 0 aliphatic heterocycles. The van der Waals surface area contributed by atoms with Gasteiger partial charge in [0.05, 0.1) is 11.9 Å². The second kappa shape index (κ2) is 7.28. The molecule has 8 heteroatoms. The number of nitrogens with zero attached hydrogens (tertiary/aromatic N) is 4. The van der Waals surface area contributed by atoms with E-state index in [9.17, 15) is 9.59 Å². The van der Waals surface area contributed by atoms with Crippen molar-refractivity contribution < 1.29 is 4.79 Å². The average Bonchev–Trinajstić information content (AvgIpc) is 3.09. The molecule has 0 saturated carbocycles. The fraction of sp³-hybridized carbons (Fsp3) is 0.100. The van der Waals surface area contributed by atoms with Crippen molar-refractivity contribution in [2.24, 2.45) is 0 Å². The summed E-state index contributed by atoms with van der Waals surface area (Å²) >= 11 is 5.91. The number of benzene rings is 2. The normalized spacial score (nSPS) is 10.9. The summed E-state index contributed by atoms with van der Waals surface area (Å²) in [6.07, 6.45) is 2.82. The van der Waals surface area contributed by atoms with E-state index in [4.69, 9.17) is 11.6 Å². The fourth-order valence-corrected chi connectivity index (χ4v) is 3.05. The first-order chi connectivity index (χ1) is 13.5. The molecule has 2 aromatic carbocycles. The Labute approximate surface area is 165 Å². The molecule has 0 bridgehead atoms. The summed E-state index contributed by atoms with van der Waals surface area (Å²) in [6, 6.07) is 14.5. The van der Waals surface area contributed by atoms with E-state index in [0.29, 0.717) is 21.7 Å². The number of carbonyl (C=O) groups excluding carboxylic acids is 1. The van der Waals surface area contributed by atoms with Crippen LogP contribution in [0.2, 0.25) is 5.02 Å². The number of hydrogen-bond donors (Lipinski definition) is 1. The van der Waals surface area contributed by atoms with Crippen molar-refractivity contribution in [1.82, 2.24) is 19.3 Å². The lowest BCUT2D eigenvalue weighted by atomic mass is 10.2. The van der Waals surface area contributed by atoms with Gasteiger partial charge in [-0.15, -0.1) is 0 Å². The third-order valence-corrected chi connectivity index (χ3v) is 4.49. The molecule has 0 aliphatic rings. The molecule has 0 radical (unpaired) electrons.